The maximum atomic E-state index is 4.09. The number of rotatable bonds is 0. The van der Waals surface area contributed by atoms with Crippen LogP contribution in [0.25, 0.3) is 0 Å². The van der Waals surface area contributed by atoms with Gasteiger partial charge in [-0.25, -0.2) is 0 Å². The summed E-state index contributed by atoms with van der Waals surface area (Å²) in [6.07, 6.45) is 0. The third-order valence-electron chi connectivity index (χ3n) is 0. The van der Waals surface area contributed by atoms with Crippen LogP contribution in [-0.2, 0) is 18.0 Å². The predicted octanol–water partition coefficient (Wildman–Crippen LogP) is -0.170. The summed E-state index contributed by atoms with van der Waals surface area (Å²) in [5.74, 6) is 0. The van der Waals surface area contributed by atoms with Crippen LogP contribution >= 0.6 is 9.82 Å². The molecule has 0 aliphatic carbocycles. The Morgan fingerprint density at radius 3 is 1.25 bits per heavy atom. The Hall–Kier alpha value is 1.13. The fraction of sp³-hybridized carbons (Fsp3) is 1.00. The third-order valence-corrected chi connectivity index (χ3v) is 0. The van der Waals surface area contributed by atoms with E-state index in [2.05, 4.69) is 9.82 Å². The Kier molecular flexibility index (Phi) is 154. The first-order valence-corrected chi connectivity index (χ1v) is 2.96. The van der Waals surface area contributed by atoms with Crippen molar-refractivity contribution >= 4 is 20.8 Å². The van der Waals surface area contributed by atoms with Gasteiger partial charge in [-0.05, 0) is 11.0 Å². The van der Waals surface area contributed by atoms with Crippen LogP contribution in [0.1, 0.15) is 7.43 Å². The van der Waals surface area contributed by atoms with E-state index in [0.717, 1.165) is 0 Å². The molecule has 0 heterocycles. The molecule has 0 amide bonds. The molecule has 0 atom stereocenters. The molecule has 0 aromatic carbocycles. The van der Waals surface area contributed by atoms with Gasteiger partial charge in [0.2, 0.25) is 0 Å². The van der Waals surface area contributed by atoms with Crippen molar-refractivity contribution in [1.82, 2.24) is 0 Å². The Balaban J connectivity index is -0.00000000500. The van der Waals surface area contributed by atoms with Crippen molar-refractivity contribution in [3.63, 3.8) is 0 Å². The minimum atomic E-state index is 0. The van der Waals surface area contributed by atoms with Gasteiger partial charge in [0.1, 0.15) is 0 Å². The first kappa shape index (κ1) is 19.3. The molecule has 0 N–H and O–H groups in total. The van der Waals surface area contributed by atoms with Crippen LogP contribution in [0.2, 0.25) is 0 Å². The molecule has 28 valence electrons. The van der Waals surface area contributed by atoms with Gasteiger partial charge in [0.05, 0.1) is 0 Å². The second-order valence-electron chi connectivity index (χ2n) is 0. The van der Waals surface area contributed by atoms with Crippen LogP contribution < -0.4 is 0 Å². The molecule has 0 saturated heterocycles. The van der Waals surface area contributed by atoms with Crippen molar-refractivity contribution in [3.8, 4) is 0 Å². The fourth-order valence-corrected chi connectivity index (χ4v) is 0. The molecule has 0 aliphatic rings. The molecule has 0 fully saturated rings. The van der Waals surface area contributed by atoms with E-state index in [1.807, 2.05) is 0 Å². The van der Waals surface area contributed by atoms with Crippen molar-refractivity contribution in [1.29, 1.82) is 0 Å². The standard InChI is InChI=1S/CH4.Mo.S.H4Si/h1H4;;;1H4. The smallest absolute Gasteiger partial charge is 0.0149 e. The SMILES string of the molecule is C.[S]=[Mo].[SiH4]. The summed E-state index contributed by atoms with van der Waals surface area (Å²) < 4.78 is 0. The van der Waals surface area contributed by atoms with E-state index in [4.69, 9.17) is 0 Å². The first-order valence-electron chi connectivity index (χ1n) is 0.167. The molecule has 0 bridgehead atoms. The Bertz CT molecular complexity index is 8.00. The molecule has 0 radical (unpaired) electrons. The monoisotopic (exact) mass is 178 g/mol. The van der Waals surface area contributed by atoms with Crippen molar-refractivity contribution < 1.29 is 18.0 Å². The van der Waals surface area contributed by atoms with Crippen LogP contribution in [-0.4, -0.2) is 11.0 Å². The first-order chi connectivity index (χ1) is 1.00. The molecule has 0 rings (SSSR count). The molecule has 0 nitrogen and oxygen atoms in total. The van der Waals surface area contributed by atoms with Crippen molar-refractivity contribution in [2.45, 2.75) is 7.43 Å². The molecule has 0 saturated carbocycles. The topological polar surface area (TPSA) is 0 Å². The van der Waals surface area contributed by atoms with E-state index in [0.29, 0.717) is 0 Å². The van der Waals surface area contributed by atoms with Gasteiger partial charge >= 0.3 is 27.8 Å². The molecular weight excluding hydrogens is 168 g/mol. The summed E-state index contributed by atoms with van der Waals surface area (Å²) in [5.41, 5.74) is 0. The van der Waals surface area contributed by atoms with Gasteiger partial charge < -0.3 is 0 Å². The van der Waals surface area contributed by atoms with Gasteiger partial charge in [-0.15, -0.1) is 0 Å². The summed E-state index contributed by atoms with van der Waals surface area (Å²) in [6.45, 7) is 0. The second-order valence-corrected chi connectivity index (χ2v) is 0. The minimum Gasteiger partial charge on any atom is -0.0149 e. The van der Waals surface area contributed by atoms with Gasteiger partial charge in [0.25, 0.3) is 0 Å². The van der Waals surface area contributed by atoms with Crippen LogP contribution in [0.5, 0.6) is 0 Å². The Morgan fingerprint density at radius 1 is 1.25 bits per heavy atom. The van der Waals surface area contributed by atoms with Crippen molar-refractivity contribution in [3.05, 3.63) is 0 Å². The van der Waals surface area contributed by atoms with Gasteiger partial charge in [0.15, 0.2) is 0 Å². The van der Waals surface area contributed by atoms with Gasteiger partial charge in [-0.2, -0.15) is 0 Å². The molecule has 4 heavy (non-hydrogen) atoms. The second kappa shape index (κ2) is 31.8. The van der Waals surface area contributed by atoms with E-state index in [9.17, 15) is 0 Å². The molecule has 0 aromatic rings. The summed E-state index contributed by atoms with van der Waals surface area (Å²) in [6, 6.07) is 0. The number of hydrogen-bond donors (Lipinski definition) is 0. The average molecular weight is 176 g/mol. The molecule has 0 aliphatic heterocycles. The summed E-state index contributed by atoms with van der Waals surface area (Å²) in [4.78, 5) is 0. The van der Waals surface area contributed by atoms with Crippen LogP contribution in [0, 0.1) is 0 Å². The maximum absolute atomic E-state index is 4.09. The van der Waals surface area contributed by atoms with E-state index in [-0.39, 0.29) is 18.4 Å². The van der Waals surface area contributed by atoms with Gasteiger partial charge in [-0.3, -0.25) is 0 Å². The third kappa shape index (κ3) is 11.1. The Labute approximate surface area is 46.3 Å². The van der Waals surface area contributed by atoms with Crippen molar-refractivity contribution in [2.75, 3.05) is 0 Å². The van der Waals surface area contributed by atoms with Crippen LogP contribution in [0.4, 0.5) is 0 Å². The quantitative estimate of drug-likeness (QED) is 0.462. The van der Waals surface area contributed by atoms with Gasteiger partial charge in [-0.1, -0.05) is 7.43 Å². The fourth-order valence-electron chi connectivity index (χ4n) is 0. The molecule has 0 unspecified atom stereocenters. The Morgan fingerprint density at radius 2 is 1.25 bits per heavy atom. The van der Waals surface area contributed by atoms with E-state index >= 15 is 0 Å². The molecule has 0 spiro atoms. The minimum absolute atomic E-state index is 0. The predicted molar refractivity (Wildman–Crippen MR) is 25.7 cm³/mol. The van der Waals surface area contributed by atoms with E-state index < -0.39 is 0 Å². The van der Waals surface area contributed by atoms with Crippen molar-refractivity contribution in [2.24, 2.45) is 0 Å². The summed E-state index contributed by atoms with van der Waals surface area (Å²) in [5, 5.41) is 0. The largest absolute Gasteiger partial charge is 0.0149 e. The normalized spacial score (nSPS) is 1.00. The zero-order chi connectivity index (χ0) is 2.00. The van der Waals surface area contributed by atoms with Crippen LogP contribution in [0.15, 0.2) is 0 Å². The number of hydrogen-bond acceptors (Lipinski definition) is 1. The zero-order valence-corrected chi connectivity index (χ0v) is 3.64. The van der Waals surface area contributed by atoms with E-state index in [1.54, 1.807) is 0 Å². The molecule has 3 heteroatoms. The average Bonchev–Trinajstić information content (AvgIpc) is 1.00. The summed E-state index contributed by atoms with van der Waals surface area (Å²) in [7, 11) is 4.09. The zero-order valence-electron chi connectivity index (χ0n) is 0.816. The molecule has 0 aromatic heterocycles. The summed E-state index contributed by atoms with van der Waals surface area (Å²) >= 11 is 1.53. The van der Waals surface area contributed by atoms with E-state index in [1.165, 1.54) is 18.0 Å². The molecular formula is CH8MoSSi. The maximum Gasteiger partial charge on any atom is -0.0149 e. The van der Waals surface area contributed by atoms with Gasteiger partial charge in [0, 0.05) is 0 Å². The van der Waals surface area contributed by atoms with Crippen LogP contribution in [0.3, 0.4) is 0 Å².